The predicted molar refractivity (Wildman–Crippen MR) is 65.2 cm³/mol. The normalized spacial score (nSPS) is 15.1. The largest absolute Gasteiger partial charge is 0.381 e. The number of imidazole rings is 1. The molecule has 1 aromatic carbocycles. The highest BCUT2D eigenvalue weighted by atomic mass is 35.5. The van der Waals surface area contributed by atoms with Gasteiger partial charge in [0.2, 0.25) is 0 Å². The lowest BCUT2D eigenvalue weighted by atomic mass is 10.2. The number of halogens is 1. The van der Waals surface area contributed by atoms with Crippen molar-refractivity contribution >= 4 is 17.3 Å². The fraction of sp³-hybridized carbons (Fsp3) is 0.250. The van der Waals surface area contributed by atoms with Gasteiger partial charge in [-0.3, -0.25) is 0 Å². The summed E-state index contributed by atoms with van der Waals surface area (Å²) in [5.74, 6) is 0. The molecule has 0 radical (unpaired) electrons. The van der Waals surface area contributed by atoms with E-state index < -0.39 is 0 Å². The second kappa shape index (κ2) is 3.83. The number of hydrogen-bond acceptors (Lipinski definition) is 2. The number of para-hydroxylation sites is 1. The minimum Gasteiger partial charge on any atom is -0.381 e. The molecule has 1 saturated carbocycles. The van der Waals surface area contributed by atoms with Gasteiger partial charge in [0.1, 0.15) is 0 Å². The van der Waals surface area contributed by atoms with E-state index in [-0.39, 0.29) is 0 Å². The zero-order valence-electron chi connectivity index (χ0n) is 8.73. The zero-order valence-corrected chi connectivity index (χ0v) is 9.48. The van der Waals surface area contributed by atoms with Crippen molar-refractivity contribution in [1.82, 2.24) is 9.55 Å². The summed E-state index contributed by atoms with van der Waals surface area (Å²) in [6.45, 7) is 0. The quantitative estimate of drug-likeness (QED) is 0.883. The van der Waals surface area contributed by atoms with Crippen LogP contribution in [0.5, 0.6) is 0 Å². The van der Waals surface area contributed by atoms with Gasteiger partial charge in [-0.25, -0.2) is 4.98 Å². The molecule has 82 valence electrons. The van der Waals surface area contributed by atoms with Crippen LogP contribution < -0.4 is 5.32 Å². The van der Waals surface area contributed by atoms with E-state index in [1.54, 1.807) is 12.5 Å². The number of nitrogens with zero attached hydrogens (tertiary/aromatic N) is 2. The first-order valence-corrected chi connectivity index (χ1v) is 5.76. The Hall–Kier alpha value is -1.48. The number of benzene rings is 1. The summed E-state index contributed by atoms with van der Waals surface area (Å²) in [5, 5.41) is 4.22. The van der Waals surface area contributed by atoms with Gasteiger partial charge < -0.3 is 9.88 Å². The first kappa shape index (κ1) is 9.73. The first-order valence-electron chi connectivity index (χ1n) is 5.38. The summed E-state index contributed by atoms with van der Waals surface area (Å²) in [7, 11) is 0. The molecule has 0 amide bonds. The maximum absolute atomic E-state index is 6.24. The van der Waals surface area contributed by atoms with Crippen molar-refractivity contribution in [2.45, 2.75) is 18.9 Å². The van der Waals surface area contributed by atoms with Crippen LogP contribution in [0.15, 0.2) is 36.9 Å². The fourth-order valence-electron chi connectivity index (χ4n) is 1.73. The highest BCUT2D eigenvalue weighted by molar-refractivity contribution is 6.33. The topological polar surface area (TPSA) is 29.9 Å². The van der Waals surface area contributed by atoms with Crippen molar-refractivity contribution in [2.75, 3.05) is 5.32 Å². The van der Waals surface area contributed by atoms with E-state index in [9.17, 15) is 0 Å². The summed E-state index contributed by atoms with van der Waals surface area (Å²) in [4.78, 5) is 4.05. The molecule has 1 N–H and O–H groups in total. The molecule has 4 heteroatoms. The van der Waals surface area contributed by atoms with Crippen LogP contribution in [0.4, 0.5) is 5.69 Å². The maximum Gasteiger partial charge on any atom is 0.0992 e. The number of hydrogen-bond donors (Lipinski definition) is 1. The van der Waals surface area contributed by atoms with Crippen LogP contribution in [0.3, 0.4) is 0 Å². The van der Waals surface area contributed by atoms with Gasteiger partial charge in [-0.2, -0.15) is 0 Å². The molecule has 1 aliphatic carbocycles. The highest BCUT2D eigenvalue weighted by Crippen LogP contribution is 2.32. The monoisotopic (exact) mass is 233 g/mol. The maximum atomic E-state index is 6.24. The Balaban J connectivity index is 2.05. The third kappa shape index (κ3) is 1.78. The van der Waals surface area contributed by atoms with Gasteiger partial charge in [0.25, 0.3) is 0 Å². The van der Waals surface area contributed by atoms with Crippen LogP contribution in [0.25, 0.3) is 5.69 Å². The minimum absolute atomic E-state index is 0.612. The minimum atomic E-state index is 0.612. The Morgan fingerprint density at radius 2 is 2.25 bits per heavy atom. The van der Waals surface area contributed by atoms with E-state index in [2.05, 4.69) is 16.4 Å². The molecule has 0 bridgehead atoms. The molecule has 0 unspecified atom stereocenters. The first-order chi connectivity index (χ1) is 7.84. The van der Waals surface area contributed by atoms with E-state index in [0.717, 1.165) is 16.4 Å². The number of anilines is 1. The third-order valence-corrected chi connectivity index (χ3v) is 2.99. The van der Waals surface area contributed by atoms with E-state index in [4.69, 9.17) is 11.6 Å². The molecule has 16 heavy (non-hydrogen) atoms. The molecule has 0 atom stereocenters. The SMILES string of the molecule is Clc1cccc(NC2CC2)c1-n1ccnc1. The van der Waals surface area contributed by atoms with Crippen LogP contribution in [-0.4, -0.2) is 15.6 Å². The van der Waals surface area contributed by atoms with Gasteiger partial charge in [0.15, 0.2) is 0 Å². The Bertz CT molecular complexity index is 489. The zero-order chi connectivity index (χ0) is 11.0. The van der Waals surface area contributed by atoms with Gasteiger partial charge in [-0.1, -0.05) is 17.7 Å². The average Bonchev–Trinajstić information content (AvgIpc) is 2.93. The molecule has 0 aliphatic heterocycles. The van der Waals surface area contributed by atoms with Crippen molar-refractivity contribution in [3.8, 4) is 5.69 Å². The molecule has 1 heterocycles. The van der Waals surface area contributed by atoms with Crippen LogP contribution in [0, 0.1) is 0 Å². The van der Waals surface area contributed by atoms with Crippen molar-refractivity contribution < 1.29 is 0 Å². The molecular formula is C12H12ClN3. The third-order valence-electron chi connectivity index (χ3n) is 2.69. The van der Waals surface area contributed by atoms with Crippen molar-refractivity contribution in [1.29, 1.82) is 0 Å². The lowest BCUT2D eigenvalue weighted by Crippen LogP contribution is -2.05. The van der Waals surface area contributed by atoms with Crippen molar-refractivity contribution in [3.63, 3.8) is 0 Å². The highest BCUT2D eigenvalue weighted by Gasteiger charge is 2.22. The van der Waals surface area contributed by atoms with Gasteiger partial charge >= 0.3 is 0 Å². The van der Waals surface area contributed by atoms with Crippen molar-refractivity contribution in [2.24, 2.45) is 0 Å². The number of nitrogens with one attached hydrogen (secondary N) is 1. The Kier molecular flexibility index (Phi) is 2.33. The molecule has 0 saturated heterocycles. The predicted octanol–water partition coefficient (Wildman–Crippen LogP) is 3.10. The number of aromatic nitrogens is 2. The molecule has 1 aliphatic rings. The molecule has 1 fully saturated rings. The van der Waals surface area contributed by atoms with Crippen LogP contribution in [-0.2, 0) is 0 Å². The molecule has 2 aromatic rings. The van der Waals surface area contributed by atoms with Crippen LogP contribution >= 0.6 is 11.6 Å². The molecule has 3 nitrogen and oxygen atoms in total. The summed E-state index contributed by atoms with van der Waals surface area (Å²) in [6, 6.07) is 6.53. The molecule has 1 aromatic heterocycles. The van der Waals surface area contributed by atoms with Gasteiger partial charge in [0.05, 0.1) is 22.7 Å². The van der Waals surface area contributed by atoms with Gasteiger partial charge in [-0.05, 0) is 25.0 Å². The lowest BCUT2D eigenvalue weighted by Gasteiger charge is -2.13. The fourth-order valence-corrected chi connectivity index (χ4v) is 2.01. The lowest BCUT2D eigenvalue weighted by molar-refractivity contribution is 1.04. The van der Waals surface area contributed by atoms with Gasteiger partial charge in [0, 0.05) is 18.4 Å². The van der Waals surface area contributed by atoms with E-state index >= 15 is 0 Å². The standard InChI is InChI=1S/C12H12ClN3/c13-10-2-1-3-11(15-9-4-5-9)12(10)16-7-6-14-8-16/h1-3,6-9,15H,4-5H2. The smallest absolute Gasteiger partial charge is 0.0992 e. The summed E-state index contributed by atoms with van der Waals surface area (Å²) < 4.78 is 1.94. The second-order valence-corrected chi connectivity index (χ2v) is 4.43. The van der Waals surface area contributed by atoms with Crippen LogP contribution in [0.1, 0.15) is 12.8 Å². The van der Waals surface area contributed by atoms with Crippen molar-refractivity contribution in [3.05, 3.63) is 41.9 Å². The average molecular weight is 234 g/mol. The Morgan fingerprint density at radius 3 is 2.94 bits per heavy atom. The Labute approximate surface area is 99.1 Å². The van der Waals surface area contributed by atoms with E-state index in [1.165, 1.54) is 12.8 Å². The Morgan fingerprint density at radius 1 is 1.38 bits per heavy atom. The molecule has 3 rings (SSSR count). The molecular weight excluding hydrogens is 222 g/mol. The summed E-state index contributed by atoms with van der Waals surface area (Å²) in [5.41, 5.74) is 2.06. The van der Waals surface area contributed by atoms with Crippen LogP contribution in [0.2, 0.25) is 5.02 Å². The second-order valence-electron chi connectivity index (χ2n) is 4.02. The summed E-state index contributed by atoms with van der Waals surface area (Å²) in [6.07, 6.45) is 7.91. The van der Waals surface area contributed by atoms with E-state index in [0.29, 0.717) is 6.04 Å². The summed E-state index contributed by atoms with van der Waals surface area (Å²) >= 11 is 6.24. The molecule has 0 spiro atoms. The van der Waals surface area contributed by atoms with Gasteiger partial charge in [-0.15, -0.1) is 0 Å². The van der Waals surface area contributed by atoms with E-state index in [1.807, 2.05) is 22.9 Å². The number of rotatable bonds is 3.